The van der Waals surface area contributed by atoms with E-state index in [0.29, 0.717) is 6.54 Å². The molecule has 1 aromatic heterocycles. The fourth-order valence-electron chi connectivity index (χ4n) is 2.66. The van der Waals surface area contributed by atoms with Crippen molar-refractivity contribution in [2.45, 2.75) is 44.2 Å². The van der Waals surface area contributed by atoms with Gasteiger partial charge in [0, 0.05) is 18.9 Å². The summed E-state index contributed by atoms with van der Waals surface area (Å²) in [4.78, 5) is 26.8. The lowest BCUT2D eigenvalue weighted by Gasteiger charge is -2.28. The summed E-state index contributed by atoms with van der Waals surface area (Å²) in [5.41, 5.74) is 0.364. The van der Waals surface area contributed by atoms with E-state index in [9.17, 15) is 9.59 Å². The third-order valence-electron chi connectivity index (χ3n) is 3.63. The molecule has 2 rings (SSSR count). The zero-order chi connectivity index (χ0) is 14.4. The van der Waals surface area contributed by atoms with Crippen LogP contribution < -0.4 is 10.6 Å². The molecule has 1 heterocycles. The summed E-state index contributed by atoms with van der Waals surface area (Å²) in [6.45, 7) is 0.400. The predicted molar refractivity (Wildman–Crippen MR) is 73.1 cm³/mol. The summed E-state index contributed by atoms with van der Waals surface area (Å²) < 4.78 is 0. The topological polar surface area (TPSA) is 91.3 Å². The van der Waals surface area contributed by atoms with E-state index < -0.39 is 11.5 Å². The quantitative estimate of drug-likeness (QED) is 0.763. The highest BCUT2D eigenvalue weighted by atomic mass is 16.4. The molecular weight excluding hydrogens is 258 g/mol. The van der Waals surface area contributed by atoms with Crippen LogP contribution in [-0.4, -0.2) is 27.6 Å². The zero-order valence-corrected chi connectivity index (χ0v) is 11.3. The van der Waals surface area contributed by atoms with Crippen molar-refractivity contribution < 1.29 is 14.7 Å². The van der Waals surface area contributed by atoms with Crippen LogP contribution in [-0.2, 0) is 11.3 Å². The van der Waals surface area contributed by atoms with Gasteiger partial charge in [0.05, 0.1) is 12.0 Å². The number of carbonyl (C=O) groups excluding carboxylic acids is 1. The first kappa shape index (κ1) is 14.3. The highest BCUT2D eigenvalue weighted by molar-refractivity contribution is 5.76. The van der Waals surface area contributed by atoms with Crippen molar-refractivity contribution >= 4 is 12.0 Å². The molecule has 0 aliphatic heterocycles. The Morgan fingerprint density at radius 3 is 2.50 bits per heavy atom. The lowest BCUT2D eigenvalue weighted by Crippen LogP contribution is -2.51. The third kappa shape index (κ3) is 3.94. The first-order chi connectivity index (χ1) is 9.60. The van der Waals surface area contributed by atoms with Crippen molar-refractivity contribution in [3.8, 4) is 0 Å². The monoisotopic (exact) mass is 277 g/mol. The number of hydrogen-bond donors (Lipinski definition) is 3. The summed E-state index contributed by atoms with van der Waals surface area (Å²) in [5, 5.41) is 14.6. The number of carboxylic acids is 1. The van der Waals surface area contributed by atoms with Gasteiger partial charge >= 0.3 is 12.0 Å². The van der Waals surface area contributed by atoms with Crippen LogP contribution in [0, 0.1) is 0 Å². The number of aliphatic carboxylic acids is 1. The van der Waals surface area contributed by atoms with Crippen LogP contribution in [0.15, 0.2) is 24.5 Å². The minimum atomic E-state index is -0.874. The molecule has 3 N–H and O–H groups in total. The van der Waals surface area contributed by atoms with Gasteiger partial charge in [-0.25, -0.2) is 4.79 Å². The second-order valence-corrected chi connectivity index (χ2v) is 5.22. The van der Waals surface area contributed by atoms with Crippen molar-refractivity contribution in [2.24, 2.45) is 0 Å². The molecular formula is C14H19N3O3. The molecule has 0 unspecified atom stereocenters. The highest BCUT2D eigenvalue weighted by Crippen LogP contribution is 2.32. The van der Waals surface area contributed by atoms with Gasteiger partial charge in [-0.2, -0.15) is 0 Å². The molecule has 20 heavy (non-hydrogen) atoms. The van der Waals surface area contributed by atoms with E-state index in [0.717, 1.165) is 31.2 Å². The van der Waals surface area contributed by atoms with E-state index in [1.807, 2.05) is 12.1 Å². The molecule has 6 nitrogen and oxygen atoms in total. The molecule has 1 aromatic rings. The number of pyridine rings is 1. The van der Waals surface area contributed by atoms with Gasteiger partial charge in [0.2, 0.25) is 0 Å². The molecule has 0 aromatic carbocycles. The van der Waals surface area contributed by atoms with Crippen molar-refractivity contribution in [2.75, 3.05) is 0 Å². The summed E-state index contributed by atoms with van der Waals surface area (Å²) >= 11 is 0. The molecule has 1 fully saturated rings. The van der Waals surface area contributed by atoms with Gasteiger partial charge in [0.25, 0.3) is 0 Å². The number of hydrogen-bond acceptors (Lipinski definition) is 3. The van der Waals surface area contributed by atoms with Crippen LogP contribution in [0.1, 0.15) is 37.7 Å². The van der Waals surface area contributed by atoms with E-state index in [4.69, 9.17) is 5.11 Å². The molecule has 0 radical (unpaired) electrons. The Labute approximate surface area is 117 Å². The van der Waals surface area contributed by atoms with Crippen molar-refractivity contribution in [1.29, 1.82) is 0 Å². The highest BCUT2D eigenvalue weighted by Gasteiger charge is 2.37. The lowest BCUT2D eigenvalue weighted by molar-refractivity contribution is -0.138. The molecule has 0 atom stereocenters. The Kier molecular flexibility index (Phi) is 4.55. The largest absolute Gasteiger partial charge is 0.481 e. The Morgan fingerprint density at radius 1 is 1.25 bits per heavy atom. The van der Waals surface area contributed by atoms with Gasteiger partial charge in [0.15, 0.2) is 0 Å². The molecule has 0 bridgehead atoms. The molecule has 1 saturated carbocycles. The second kappa shape index (κ2) is 6.36. The SMILES string of the molecule is O=C(O)CC1(NC(=O)NCc2ccncc2)CCCC1. The number of aromatic nitrogens is 1. The van der Waals surface area contributed by atoms with Crippen LogP contribution in [0.3, 0.4) is 0 Å². The van der Waals surface area contributed by atoms with E-state index in [1.54, 1.807) is 12.4 Å². The number of carboxylic acid groups (broad SMARTS) is 1. The van der Waals surface area contributed by atoms with Crippen LogP contribution in [0.25, 0.3) is 0 Å². The average Bonchev–Trinajstić information content (AvgIpc) is 2.85. The predicted octanol–water partition coefficient (Wildman–Crippen LogP) is 1.67. The van der Waals surface area contributed by atoms with Crippen molar-refractivity contribution in [3.63, 3.8) is 0 Å². The standard InChI is InChI=1S/C14H19N3O3/c18-12(19)9-14(5-1-2-6-14)17-13(20)16-10-11-3-7-15-8-4-11/h3-4,7-8H,1-2,5-6,9-10H2,(H,18,19)(H2,16,17,20). The van der Waals surface area contributed by atoms with E-state index in [1.165, 1.54) is 0 Å². The van der Waals surface area contributed by atoms with Gasteiger partial charge in [-0.15, -0.1) is 0 Å². The van der Waals surface area contributed by atoms with Crippen LogP contribution in [0.5, 0.6) is 0 Å². The number of amides is 2. The van der Waals surface area contributed by atoms with Gasteiger partial charge in [-0.1, -0.05) is 12.8 Å². The fraction of sp³-hybridized carbons (Fsp3) is 0.500. The van der Waals surface area contributed by atoms with Gasteiger partial charge in [-0.3, -0.25) is 9.78 Å². The van der Waals surface area contributed by atoms with Crippen molar-refractivity contribution in [1.82, 2.24) is 15.6 Å². The maximum Gasteiger partial charge on any atom is 0.315 e. The van der Waals surface area contributed by atoms with Crippen LogP contribution in [0.4, 0.5) is 4.79 Å². The molecule has 0 saturated heterocycles. The Hall–Kier alpha value is -2.11. The Balaban J connectivity index is 1.87. The van der Waals surface area contributed by atoms with E-state index in [2.05, 4.69) is 15.6 Å². The van der Waals surface area contributed by atoms with Crippen LogP contribution >= 0.6 is 0 Å². The van der Waals surface area contributed by atoms with Gasteiger partial charge in [0.1, 0.15) is 0 Å². The minimum absolute atomic E-state index is 0.0182. The third-order valence-corrected chi connectivity index (χ3v) is 3.63. The van der Waals surface area contributed by atoms with E-state index >= 15 is 0 Å². The summed E-state index contributed by atoms with van der Waals surface area (Å²) in [7, 11) is 0. The Bertz CT molecular complexity index is 470. The maximum atomic E-state index is 11.9. The van der Waals surface area contributed by atoms with Crippen LogP contribution in [0.2, 0.25) is 0 Å². The first-order valence-electron chi connectivity index (χ1n) is 6.76. The second-order valence-electron chi connectivity index (χ2n) is 5.22. The fourth-order valence-corrected chi connectivity index (χ4v) is 2.66. The average molecular weight is 277 g/mol. The molecule has 0 spiro atoms. The Morgan fingerprint density at radius 2 is 1.90 bits per heavy atom. The number of carbonyl (C=O) groups is 2. The smallest absolute Gasteiger partial charge is 0.315 e. The van der Waals surface area contributed by atoms with Gasteiger partial charge < -0.3 is 15.7 Å². The van der Waals surface area contributed by atoms with Gasteiger partial charge in [-0.05, 0) is 30.5 Å². The number of urea groups is 1. The summed E-state index contributed by atoms with van der Waals surface area (Å²) in [6.07, 6.45) is 6.67. The molecule has 108 valence electrons. The lowest BCUT2D eigenvalue weighted by atomic mass is 9.93. The minimum Gasteiger partial charge on any atom is -0.481 e. The first-order valence-corrected chi connectivity index (χ1v) is 6.76. The number of nitrogens with zero attached hydrogens (tertiary/aromatic N) is 1. The molecule has 6 heteroatoms. The normalized spacial score (nSPS) is 16.6. The molecule has 1 aliphatic carbocycles. The maximum absolute atomic E-state index is 11.9. The number of rotatable bonds is 5. The molecule has 2 amide bonds. The number of nitrogens with one attached hydrogen (secondary N) is 2. The van der Waals surface area contributed by atoms with E-state index in [-0.39, 0.29) is 12.5 Å². The summed E-state index contributed by atoms with van der Waals surface area (Å²) in [6, 6.07) is 3.33. The zero-order valence-electron chi connectivity index (χ0n) is 11.3. The molecule has 1 aliphatic rings. The van der Waals surface area contributed by atoms with Crippen molar-refractivity contribution in [3.05, 3.63) is 30.1 Å². The summed E-state index contributed by atoms with van der Waals surface area (Å²) in [5.74, 6) is -0.874.